The summed E-state index contributed by atoms with van der Waals surface area (Å²) in [6.45, 7) is -0.460. The molecule has 4 N–H and O–H groups in total. The van der Waals surface area contributed by atoms with Crippen LogP contribution in [-0.4, -0.2) is 53.6 Å². The number of anilines is 1. The molecule has 1 saturated carbocycles. The lowest BCUT2D eigenvalue weighted by Gasteiger charge is -2.29. The van der Waals surface area contributed by atoms with Gasteiger partial charge in [-0.1, -0.05) is 55.3 Å². The van der Waals surface area contributed by atoms with E-state index in [9.17, 15) is 24.3 Å². The third-order valence-electron chi connectivity index (χ3n) is 7.23. The second kappa shape index (κ2) is 12.7. The number of hydrogen-bond acceptors (Lipinski definition) is 6. The first-order chi connectivity index (χ1) is 18.4. The minimum atomic E-state index is -1.13. The lowest BCUT2D eigenvalue weighted by atomic mass is 9.95. The molecule has 0 radical (unpaired) electrons. The van der Waals surface area contributed by atoms with E-state index in [1.54, 1.807) is 18.2 Å². The van der Waals surface area contributed by atoms with E-state index in [1.807, 2.05) is 36.4 Å². The van der Waals surface area contributed by atoms with Crippen LogP contribution in [0, 0.1) is 5.92 Å². The number of hydrogen-bond donors (Lipinski definition) is 4. The molecular formula is C29H35N3O6. The molecule has 1 aliphatic carbocycles. The first-order valence-corrected chi connectivity index (χ1v) is 13.2. The van der Waals surface area contributed by atoms with Crippen molar-refractivity contribution in [2.24, 2.45) is 5.92 Å². The molecule has 202 valence electrons. The molecule has 2 unspecified atom stereocenters. The number of ether oxygens (including phenoxy) is 1. The number of aliphatic hydroxyl groups is 1. The molecule has 0 spiro atoms. The Morgan fingerprint density at radius 1 is 1.05 bits per heavy atom. The summed E-state index contributed by atoms with van der Waals surface area (Å²) in [6.07, 6.45) is 7.60. The zero-order chi connectivity index (χ0) is 27.0. The molecule has 38 heavy (non-hydrogen) atoms. The highest BCUT2D eigenvalue weighted by molar-refractivity contribution is 5.99. The average molecular weight is 522 g/mol. The maximum Gasteiger partial charge on any atom is 0.306 e. The highest BCUT2D eigenvalue weighted by Crippen LogP contribution is 2.29. The summed E-state index contributed by atoms with van der Waals surface area (Å²) in [5.74, 6) is -2.51. The number of carbonyl (C=O) groups excluding carboxylic acids is 4. The van der Waals surface area contributed by atoms with Gasteiger partial charge >= 0.3 is 5.97 Å². The van der Waals surface area contributed by atoms with Crippen LogP contribution < -0.4 is 16.0 Å². The van der Waals surface area contributed by atoms with Crippen LogP contribution in [0.3, 0.4) is 0 Å². The summed E-state index contributed by atoms with van der Waals surface area (Å²) in [4.78, 5) is 51.5. The van der Waals surface area contributed by atoms with Gasteiger partial charge in [-0.05, 0) is 48.6 Å². The van der Waals surface area contributed by atoms with E-state index in [-0.39, 0.29) is 38.4 Å². The van der Waals surface area contributed by atoms with Gasteiger partial charge in [-0.3, -0.25) is 19.2 Å². The Bertz CT molecular complexity index is 1200. The number of esters is 1. The zero-order valence-electron chi connectivity index (χ0n) is 21.4. The Balaban J connectivity index is 1.47. The van der Waals surface area contributed by atoms with Crippen LogP contribution in [0.2, 0.25) is 0 Å². The third kappa shape index (κ3) is 7.19. The van der Waals surface area contributed by atoms with E-state index >= 15 is 0 Å². The molecule has 0 aromatic heterocycles. The molecule has 1 aliphatic heterocycles. The van der Waals surface area contributed by atoms with Gasteiger partial charge < -0.3 is 25.8 Å². The lowest BCUT2D eigenvalue weighted by Crippen LogP contribution is -2.51. The number of carbonyl (C=O) groups is 4. The number of rotatable bonds is 6. The number of nitrogens with one attached hydrogen (secondary N) is 3. The Labute approximate surface area is 222 Å². The quantitative estimate of drug-likeness (QED) is 0.341. The first kappa shape index (κ1) is 27.3. The van der Waals surface area contributed by atoms with Crippen molar-refractivity contribution in [3.05, 3.63) is 54.6 Å². The van der Waals surface area contributed by atoms with Gasteiger partial charge in [0.25, 0.3) is 5.91 Å². The lowest BCUT2D eigenvalue weighted by molar-refractivity contribution is -0.146. The van der Waals surface area contributed by atoms with Crippen LogP contribution in [0.1, 0.15) is 51.4 Å². The number of aliphatic hydroxyl groups excluding tert-OH is 1. The fourth-order valence-electron chi connectivity index (χ4n) is 5.02. The topological polar surface area (TPSA) is 134 Å². The molecule has 2 atom stereocenters. The fourth-order valence-corrected chi connectivity index (χ4v) is 5.02. The Morgan fingerprint density at radius 3 is 2.58 bits per heavy atom. The van der Waals surface area contributed by atoms with Crippen molar-refractivity contribution in [3.8, 4) is 0 Å². The molecule has 2 aliphatic rings. The second-order valence-corrected chi connectivity index (χ2v) is 10.1. The van der Waals surface area contributed by atoms with Gasteiger partial charge in [-0.15, -0.1) is 0 Å². The van der Waals surface area contributed by atoms with Gasteiger partial charge in [-0.25, -0.2) is 0 Å². The minimum absolute atomic E-state index is 0.0866. The molecule has 2 aromatic carbocycles. The van der Waals surface area contributed by atoms with Crippen molar-refractivity contribution in [2.75, 3.05) is 18.5 Å². The smallest absolute Gasteiger partial charge is 0.306 e. The van der Waals surface area contributed by atoms with Crippen LogP contribution in [0.4, 0.5) is 5.69 Å². The van der Waals surface area contributed by atoms with Crippen LogP contribution in [0.25, 0.3) is 10.8 Å². The highest BCUT2D eigenvalue weighted by atomic mass is 16.5. The van der Waals surface area contributed by atoms with E-state index in [2.05, 4.69) is 16.0 Å². The second-order valence-electron chi connectivity index (χ2n) is 10.1. The summed E-state index contributed by atoms with van der Waals surface area (Å²) in [6, 6.07) is 12.1. The van der Waals surface area contributed by atoms with E-state index in [1.165, 1.54) is 0 Å². The number of benzene rings is 2. The van der Waals surface area contributed by atoms with Gasteiger partial charge in [0.15, 0.2) is 0 Å². The first-order valence-electron chi connectivity index (χ1n) is 13.2. The van der Waals surface area contributed by atoms with Gasteiger partial charge in [0.2, 0.25) is 11.8 Å². The van der Waals surface area contributed by atoms with Crippen molar-refractivity contribution in [1.29, 1.82) is 0 Å². The average Bonchev–Trinajstić information content (AvgIpc) is 3.38. The van der Waals surface area contributed by atoms with Crippen LogP contribution in [0.15, 0.2) is 54.6 Å². The number of fused-ring (bicyclic) bond motifs is 1. The minimum Gasteiger partial charge on any atom is -0.463 e. The molecule has 3 amide bonds. The molecule has 1 heterocycles. The summed E-state index contributed by atoms with van der Waals surface area (Å²) in [7, 11) is 0. The molecule has 0 saturated heterocycles. The van der Waals surface area contributed by atoms with E-state index in [0.717, 1.165) is 23.6 Å². The normalized spacial score (nSPS) is 22.0. The molecule has 2 aromatic rings. The van der Waals surface area contributed by atoms with Gasteiger partial charge in [0, 0.05) is 18.5 Å². The number of cyclic esters (lactones) is 1. The molecule has 9 nitrogen and oxygen atoms in total. The molecular weight excluding hydrogens is 486 g/mol. The van der Waals surface area contributed by atoms with Crippen molar-refractivity contribution in [3.63, 3.8) is 0 Å². The number of allylic oxidation sites excluding steroid dienone is 2. The third-order valence-corrected chi connectivity index (χ3v) is 7.23. The van der Waals surface area contributed by atoms with E-state index < -0.39 is 35.3 Å². The summed E-state index contributed by atoms with van der Waals surface area (Å²) >= 11 is 0. The van der Waals surface area contributed by atoms with Crippen molar-refractivity contribution in [2.45, 2.75) is 62.9 Å². The van der Waals surface area contributed by atoms with Gasteiger partial charge in [-0.2, -0.15) is 0 Å². The number of amides is 3. The fraction of sp³-hybridized carbons (Fsp3) is 0.448. The van der Waals surface area contributed by atoms with Crippen LogP contribution >= 0.6 is 0 Å². The Morgan fingerprint density at radius 2 is 1.82 bits per heavy atom. The van der Waals surface area contributed by atoms with Gasteiger partial charge in [0.1, 0.15) is 12.6 Å². The Kier molecular flexibility index (Phi) is 9.12. The summed E-state index contributed by atoms with van der Waals surface area (Å²) in [5.41, 5.74) is -0.0873. The molecule has 1 fully saturated rings. The predicted octanol–water partition coefficient (Wildman–Crippen LogP) is 2.97. The maximum absolute atomic E-state index is 13.3. The van der Waals surface area contributed by atoms with E-state index in [0.29, 0.717) is 24.9 Å². The molecule has 4 rings (SSSR count). The molecule has 9 heteroatoms. The van der Waals surface area contributed by atoms with Crippen molar-refractivity contribution in [1.82, 2.24) is 10.6 Å². The van der Waals surface area contributed by atoms with E-state index in [4.69, 9.17) is 4.74 Å². The standard InChI is InChI=1S/C29H35N3O6/c33-19-29(14-6-7-15-29)32-25(34)17-22-10-2-1-3-11-26(35)38-18-24(31-27(22)36)28(37)30-23-13-12-20-8-4-5-9-21(20)16-23/h1-2,4-5,8-9,12-13,16,22,24,33H,3,6-7,10-11,14-15,17-19H2,(H,30,37)(H,31,36)(H,32,34). The largest absolute Gasteiger partial charge is 0.463 e. The zero-order valence-corrected chi connectivity index (χ0v) is 21.4. The summed E-state index contributed by atoms with van der Waals surface area (Å²) < 4.78 is 5.28. The highest BCUT2D eigenvalue weighted by Gasteiger charge is 2.36. The summed E-state index contributed by atoms with van der Waals surface area (Å²) in [5, 5.41) is 20.2. The monoisotopic (exact) mass is 521 g/mol. The molecule has 0 bridgehead atoms. The van der Waals surface area contributed by atoms with Crippen molar-refractivity contribution >= 4 is 40.2 Å². The Hall–Kier alpha value is -3.72. The predicted molar refractivity (Wildman–Crippen MR) is 143 cm³/mol. The van der Waals surface area contributed by atoms with Crippen LogP contribution in [-0.2, 0) is 23.9 Å². The van der Waals surface area contributed by atoms with Crippen molar-refractivity contribution < 1.29 is 29.0 Å². The SMILES string of the molecule is O=C(CC1CC=CCCC(=O)OCC(C(=O)Nc2ccc3ccccc3c2)NC1=O)NC1(CO)CCCC1. The van der Waals surface area contributed by atoms with Gasteiger partial charge in [0.05, 0.1) is 18.1 Å². The maximum atomic E-state index is 13.3. The van der Waals surface area contributed by atoms with Crippen LogP contribution in [0.5, 0.6) is 0 Å².